The Morgan fingerprint density at radius 2 is 1.86 bits per heavy atom. The molecule has 1 aliphatic carbocycles. The number of nitrogens with one attached hydrogen (secondary N) is 1. The quantitative estimate of drug-likeness (QED) is 0.913. The molecule has 1 aromatic rings. The van der Waals surface area contributed by atoms with Gasteiger partial charge in [0.05, 0.1) is 5.69 Å². The van der Waals surface area contributed by atoms with Gasteiger partial charge in [0, 0.05) is 5.92 Å². The minimum atomic E-state index is -0.0175. The lowest BCUT2D eigenvalue weighted by Gasteiger charge is -2.20. The molecule has 0 heterocycles. The largest absolute Gasteiger partial charge is 0.477 e. The predicted octanol–water partition coefficient (Wildman–Crippen LogP) is 3.89. The molecular formula is C17H22N2O2. The molecule has 0 spiro atoms. The first-order chi connectivity index (χ1) is 10.3. The molecule has 0 radical (unpaired) electrons. The van der Waals surface area contributed by atoms with Crippen LogP contribution >= 0.6 is 0 Å². The van der Waals surface area contributed by atoms with E-state index in [-0.39, 0.29) is 18.4 Å². The van der Waals surface area contributed by atoms with Crippen molar-refractivity contribution < 1.29 is 9.53 Å². The summed E-state index contributed by atoms with van der Waals surface area (Å²) in [4.78, 5) is 12.4. The van der Waals surface area contributed by atoms with Crippen molar-refractivity contribution in [2.75, 3.05) is 11.9 Å². The Morgan fingerprint density at radius 1 is 1.19 bits per heavy atom. The highest BCUT2D eigenvalue weighted by Gasteiger charge is 2.20. The molecule has 21 heavy (non-hydrogen) atoms. The van der Waals surface area contributed by atoms with E-state index in [4.69, 9.17) is 10.00 Å². The van der Waals surface area contributed by atoms with Crippen LogP contribution in [0.25, 0.3) is 0 Å². The van der Waals surface area contributed by atoms with Gasteiger partial charge in [-0.3, -0.25) is 4.79 Å². The van der Waals surface area contributed by atoms with E-state index in [1.165, 1.54) is 19.3 Å². The standard InChI is InChI=1S/C17H22N2O2/c18-12-13-21-16-11-7-6-10-15(16)19-17(20)14-8-4-2-1-3-5-9-14/h6-7,10-11,14H,1-5,8-9,13H2,(H,19,20). The molecule has 0 unspecified atom stereocenters. The molecule has 0 atom stereocenters. The number of benzene rings is 1. The minimum Gasteiger partial charge on any atom is -0.477 e. The molecule has 112 valence electrons. The van der Waals surface area contributed by atoms with Crippen LogP contribution in [0.2, 0.25) is 0 Å². The van der Waals surface area contributed by atoms with Crippen molar-refractivity contribution in [1.82, 2.24) is 0 Å². The lowest BCUT2D eigenvalue weighted by Crippen LogP contribution is -2.24. The van der Waals surface area contributed by atoms with Crippen LogP contribution in [0.5, 0.6) is 5.75 Å². The van der Waals surface area contributed by atoms with Gasteiger partial charge in [0.25, 0.3) is 0 Å². The lowest BCUT2D eigenvalue weighted by molar-refractivity contribution is -0.120. The highest BCUT2D eigenvalue weighted by molar-refractivity contribution is 5.93. The van der Waals surface area contributed by atoms with Crippen LogP contribution in [0, 0.1) is 17.2 Å². The molecule has 4 heteroatoms. The van der Waals surface area contributed by atoms with Crippen LogP contribution in [0.1, 0.15) is 44.9 Å². The molecule has 1 amide bonds. The molecule has 2 rings (SSSR count). The molecule has 0 bridgehead atoms. The van der Waals surface area contributed by atoms with Crippen molar-refractivity contribution in [3.8, 4) is 11.8 Å². The Kier molecular flexibility index (Phi) is 6.08. The number of carbonyl (C=O) groups excluding carboxylic acids is 1. The third kappa shape index (κ3) is 4.78. The third-order valence-corrected chi connectivity index (χ3v) is 3.91. The summed E-state index contributed by atoms with van der Waals surface area (Å²) in [6, 6.07) is 9.21. The smallest absolute Gasteiger partial charge is 0.227 e. The zero-order valence-corrected chi connectivity index (χ0v) is 12.3. The van der Waals surface area contributed by atoms with E-state index >= 15 is 0 Å². The maximum Gasteiger partial charge on any atom is 0.227 e. The van der Waals surface area contributed by atoms with Gasteiger partial charge in [0.1, 0.15) is 11.8 Å². The molecule has 1 fully saturated rings. The summed E-state index contributed by atoms with van der Waals surface area (Å²) >= 11 is 0. The zero-order chi connectivity index (χ0) is 14.9. The van der Waals surface area contributed by atoms with Crippen LogP contribution in [0.15, 0.2) is 24.3 Å². The van der Waals surface area contributed by atoms with Gasteiger partial charge in [-0.2, -0.15) is 5.26 Å². The molecule has 0 aliphatic heterocycles. The van der Waals surface area contributed by atoms with Gasteiger partial charge in [0.2, 0.25) is 5.91 Å². The molecule has 0 saturated heterocycles. The predicted molar refractivity (Wildman–Crippen MR) is 82.0 cm³/mol. The fourth-order valence-electron chi connectivity index (χ4n) is 2.76. The SMILES string of the molecule is N#CCOc1ccccc1NC(=O)C1CCCCCCC1. The first-order valence-electron chi connectivity index (χ1n) is 7.71. The van der Waals surface area contributed by atoms with Crippen LogP contribution < -0.4 is 10.1 Å². The average Bonchev–Trinajstić information content (AvgIpc) is 2.46. The summed E-state index contributed by atoms with van der Waals surface area (Å²) in [6.07, 6.45) is 7.94. The zero-order valence-electron chi connectivity index (χ0n) is 12.3. The highest BCUT2D eigenvalue weighted by atomic mass is 16.5. The summed E-state index contributed by atoms with van der Waals surface area (Å²) in [7, 11) is 0. The number of hydrogen-bond acceptors (Lipinski definition) is 3. The van der Waals surface area contributed by atoms with Crippen molar-refractivity contribution in [2.24, 2.45) is 5.92 Å². The summed E-state index contributed by atoms with van der Waals surface area (Å²) < 4.78 is 5.34. The second kappa shape index (κ2) is 8.31. The molecular weight excluding hydrogens is 264 g/mol. The van der Waals surface area contributed by atoms with Gasteiger partial charge in [-0.1, -0.05) is 44.2 Å². The summed E-state index contributed by atoms with van der Waals surface area (Å²) in [5.74, 6) is 0.720. The van der Waals surface area contributed by atoms with Crippen molar-refractivity contribution in [3.05, 3.63) is 24.3 Å². The second-order valence-electron chi connectivity index (χ2n) is 5.47. The summed E-state index contributed by atoms with van der Waals surface area (Å²) in [5, 5.41) is 11.6. The van der Waals surface area contributed by atoms with E-state index in [2.05, 4.69) is 5.32 Å². The molecule has 1 aliphatic rings. The number of para-hydroxylation sites is 2. The minimum absolute atomic E-state index is 0.0175. The Balaban J connectivity index is 1.99. The van der Waals surface area contributed by atoms with Gasteiger partial charge in [-0.15, -0.1) is 0 Å². The Morgan fingerprint density at radius 3 is 2.57 bits per heavy atom. The van der Waals surface area contributed by atoms with Crippen LogP contribution in [0.3, 0.4) is 0 Å². The number of hydrogen-bond donors (Lipinski definition) is 1. The monoisotopic (exact) mass is 286 g/mol. The van der Waals surface area contributed by atoms with Gasteiger partial charge in [-0.05, 0) is 25.0 Å². The second-order valence-corrected chi connectivity index (χ2v) is 5.47. The van der Waals surface area contributed by atoms with E-state index in [1.54, 1.807) is 6.07 Å². The van der Waals surface area contributed by atoms with Gasteiger partial charge < -0.3 is 10.1 Å². The number of nitrogens with zero attached hydrogens (tertiary/aromatic N) is 1. The Bertz CT molecular complexity index is 500. The number of carbonyl (C=O) groups is 1. The highest BCUT2D eigenvalue weighted by Crippen LogP contribution is 2.27. The van der Waals surface area contributed by atoms with Crippen LogP contribution in [0.4, 0.5) is 5.69 Å². The van der Waals surface area contributed by atoms with Crippen LogP contribution in [-0.4, -0.2) is 12.5 Å². The normalized spacial score (nSPS) is 16.3. The van der Waals surface area contributed by atoms with E-state index in [0.29, 0.717) is 11.4 Å². The summed E-state index contributed by atoms with van der Waals surface area (Å²) in [5.41, 5.74) is 0.653. The van der Waals surface area contributed by atoms with Crippen molar-refractivity contribution >= 4 is 11.6 Å². The molecule has 1 N–H and O–H groups in total. The third-order valence-electron chi connectivity index (χ3n) is 3.91. The first kappa shape index (κ1) is 15.4. The fourth-order valence-corrected chi connectivity index (χ4v) is 2.76. The van der Waals surface area contributed by atoms with E-state index in [0.717, 1.165) is 25.7 Å². The van der Waals surface area contributed by atoms with E-state index < -0.39 is 0 Å². The van der Waals surface area contributed by atoms with Crippen molar-refractivity contribution in [2.45, 2.75) is 44.9 Å². The van der Waals surface area contributed by atoms with Crippen molar-refractivity contribution in [1.29, 1.82) is 5.26 Å². The number of anilines is 1. The van der Waals surface area contributed by atoms with Crippen LogP contribution in [-0.2, 0) is 4.79 Å². The van der Waals surface area contributed by atoms with Gasteiger partial charge in [-0.25, -0.2) is 0 Å². The molecule has 1 aromatic carbocycles. The van der Waals surface area contributed by atoms with Gasteiger partial charge >= 0.3 is 0 Å². The van der Waals surface area contributed by atoms with Crippen molar-refractivity contribution in [3.63, 3.8) is 0 Å². The van der Waals surface area contributed by atoms with E-state index in [1.807, 2.05) is 24.3 Å². The number of nitriles is 1. The van der Waals surface area contributed by atoms with Gasteiger partial charge in [0.15, 0.2) is 6.61 Å². The van der Waals surface area contributed by atoms with E-state index in [9.17, 15) is 4.79 Å². The number of amides is 1. The number of rotatable bonds is 4. The number of ether oxygens (including phenoxy) is 1. The first-order valence-corrected chi connectivity index (χ1v) is 7.71. The molecule has 1 saturated carbocycles. The Labute approximate surface area is 126 Å². The molecule has 0 aromatic heterocycles. The summed E-state index contributed by atoms with van der Waals surface area (Å²) in [6.45, 7) is -0.0175. The average molecular weight is 286 g/mol. The maximum absolute atomic E-state index is 12.4. The maximum atomic E-state index is 12.4. The topological polar surface area (TPSA) is 62.1 Å². The molecule has 4 nitrogen and oxygen atoms in total. The Hall–Kier alpha value is -2.02. The fraction of sp³-hybridized carbons (Fsp3) is 0.529. The lowest BCUT2D eigenvalue weighted by atomic mass is 9.90.